The predicted octanol–water partition coefficient (Wildman–Crippen LogP) is 7.48. The number of aromatic nitrogens is 1. The molecule has 0 aliphatic carbocycles. The van der Waals surface area contributed by atoms with E-state index in [0.717, 1.165) is 65.9 Å². The van der Waals surface area contributed by atoms with Gasteiger partial charge in [0.1, 0.15) is 23.9 Å². The Bertz CT molecular complexity index is 2430. The van der Waals surface area contributed by atoms with Crippen molar-refractivity contribution in [1.29, 1.82) is 0 Å². The van der Waals surface area contributed by atoms with E-state index in [9.17, 15) is 24.9 Å². The van der Waals surface area contributed by atoms with Gasteiger partial charge in [-0.1, -0.05) is 84.9 Å². The van der Waals surface area contributed by atoms with Gasteiger partial charge in [-0.2, -0.15) is 0 Å². The highest BCUT2D eigenvalue weighted by Crippen LogP contribution is 2.39. The van der Waals surface area contributed by atoms with Crippen LogP contribution in [-0.4, -0.2) is 75.5 Å². The van der Waals surface area contributed by atoms with Crippen molar-refractivity contribution in [1.82, 2.24) is 20.1 Å². The molecule has 4 heterocycles. The van der Waals surface area contributed by atoms with Crippen LogP contribution in [-0.2, 0) is 13.2 Å². The van der Waals surface area contributed by atoms with Gasteiger partial charge in [0.25, 0.3) is 0 Å². The normalized spacial score (nSPS) is 18.4. The lowest BCUT2D eigenvalue weighted by Crippen LogP contribution is -2.59. The SMILES string of the molecule is COc1cc(-c2ccc(COc3cccc([C@H](c4ccccc4)N(C(=O)O)[C@H]4CN5CCC4CC5)c3)cc2)ccc1CNC[C@H](O)c1ccc(O)c2[nH]c(=O)ccc12. The van der Waals surface area contributed by atoms with Crippen LogP contribution < -0.4 is 20.3 Å². The maximum atomic E-state index is 13.0. The van der Waals surface area contributed by atoms with Gasteiger partial charge < -0.3 is 40.0 Å². The van der Waals surface area contributed by atoms with Crippen LogP contribution in [0.4, 0.5) is 4.79 Å². The lowest BCUT2D eigenvalue weighted by Gasteiger charge is -2.50. The van der Waals surface area contributed by atoms with E-state index < -0.39 is 18.2 Å². The summed E-state index contributed by atoms with van der Waals surface area (Å²) in [5, 5.41) is 35.7. The number of carboxylic acid groups (broad SMARTS) is 1. The highest BCUT2D eigenvalue weighted by Gasteiger charge is 2.43. The number of nitrogens with zero attached hydrogens (tertiary/aromatic N) is 2. The van der Waals surface area contributed by atoms with Gasteiger partial charge in [-0.15, -0.1) is 0 Å². The minimum absolute atomic E-state index is 0.0511. The number of aliphatic hydroxyl groups is 1. The molecule has 1 amide bonds. The van der Waals surface area contributed by atoms with Gasteiger partial charge in [0.05, 0.1) is 30.8 Å². The summed E-state index contributed by atoms with van der Waals surface area (Å²) in [6, 6.07) is 37.5. The number of hydrogen-bond acceptors (Lipinski definition) is 8. The van der Waals surface area contributed by atoms with E-state index in [-0.39, 0.29) is 23.9 Å². The third-order valence-corrected chi connectivity index (χ3v) is 11.7. The van der Waals surface area contributed by atoms with Crippen LogP contribution in [0.5, 0.6) is 17.2 Å². The van der Waals surface area contributed by atoms with Crippen molar-refractivity contribution in [3.63, 3.8) is 0 Å². The zero-order valence-electron chi connectivity index (χ0n) is 32.4. The highest BCUT2D eigenvalue weighted by molar-refractivity contribution is 5.87. The molecule has 3 aliphatic rings. The smallest absolute Gasteiger partial charge is 0.408 e. The number of aromatic amines is 1. The van der Waals surface area contributed by atoms with Gasteiger partial charge in [0, 0.05) is 36.7 Å². The molecule has 9 rings (SSSR count). The molecule has 2 bridgehead atoms. The van der Waals surface area contributed by atoms with Crippen LogP contribution in [0.2, 0.25) is 0 Å². The second-order valence-electron chi connectivity index (χ2n) is 15.2. The number of phenols is 1. The Labute approximate surface area is 337 Å². The Morgan fingerprint density at radius 2 is 1.66 bits per heavy atom. The number of piperidine rings is 3. The average Bonchev–Trinajstić information content (AvgIpc) is 3.26. The van der Waals surface area contributed by atoms with Crippen molar-refractivity contribution in [2.75, 3.05) is 33.3 Å². The minimum atomic E-state index is -0.903. The summed E-state index contributed by atoms with van der Waals surface area (Å²) >= 11 is 0. The molecule has 3 saturated heterocycles. The van der Waals surface area contributed by atoms with E-state index in [1.807, 2.05) is 84.9 Å². The van der Waals surface area contributed by atoms with Crippen LogP contribution in [0.15, 0.2) is 126 Å². The van der Waals surface area contributed by atoms with E-state index in [4.69, 9.17) is 9.47 Å². The number of fused-ring (bicyclic) bond motifs is 4. The van der Waals surface area contributed by atoms with E-state index in [1.165, 1.54) is 12.1 Å². The molecule has 5 aromatic carbocycles. The van der Waals surface area contributed by atoms with Crippen molar-refractivity contribution >= 4 is 17.0 Å². The van der Waals surface area contributed by atoms with Crippen molar-refractivity contribution in [3.8, 4) is 28.4 Å². The largest absolute Gasteiger partial charge is 0.506 e. The van der Waals surface area contributed by atoms with E-state index in [1.54, 1.807) is 24.1 Å². The van der Waals surface area contributed by atoms with Crippen LogP contribution >= 0.6 is 0 Å². The lowest BCUT2D eigenvalue weighted by molar-refractivity contribution is -0.000812. The second kappa shape index (κ2) is 17.2. The fourth-order valence-corrected chi connectivity index (χ4v) is 8.65. The van der Waals surface area contributed by atoms with Crippen molar-refractivity contribution in [2.45, 2.75) is 44.2 Å². The van der Waals surface area contributed by atoms with Crippen LogP contribution in [0.3, 0.4) is 0 Å². The molecule has 6 aromatic rings. The first kappa shape index (κ1) is 38.7. The number of phenolic OH excluding ortho intramolecular Hbond substituents is 1. The number of benzene rings is 5. The molecule has 58 heavy (non-hydrogen) atoms. The zero-order valence-corrected chi connectivity index (χ0v) is 32.4. The molecule has 11 nitrogen and oxygen atoms in total. The summed E-state index contributed by atoms with van der Waals surface area (Å²) in [7, 11) is 1.63. The predicted molar refractivity (Wildman–Crippen MR) is 223 cm³/mol. The molecule has 0 unspecified atom stereocenters. The summed E-state index contributed by atoms with van der Waals surface area (Å²) in [5.74, 6) is 1.69. The Hall–Kier alpha value is -6.14. The van der Waals surface area contributed by atoms with E-state index >= 15 is 0 Å². The van der Waals surface area contributed by atoms with E-state index in [2.05, 4.69) is 27.3 Å². The number of pyridine rings is 1. The van der Waals surface area contributed by atoms with Gasteiger partial charge in [-0.05, 0) is 95.6 Å². The molecule has 5 N–H and O–H groups in total. The number of carbonyl (C=O) groups is 1. The lowest BCUT2D eigenvalue weighted by atomic mass is 9.81. The molecule has 0 spiro atoms. The van der Waals surface area contributed by atoms with Gasteiger partial charge >= 0.3 is 6.09 Å². The van der Waals surface area contributed by atoms with Crippen LogP contribution in [0, 0.1) is 5.92 Å². The average molecular weight is 781 g/mol. The van der Waals surface area contributed by atoms with Crippen molar-refractivity contribution in [2.24, 2.45) is 5.92 Å². The number of hydrogen-bond donors (Lipinski definition) is 5. The summed E-state index contributed by atoms with van der Waals surface area (Å²) in [6.45, 7) is 3.88. The van der Waals surface area contributed by atoms with Gasteiger partial charge in [0.15, 0.2) is 0 Å². The molecule has 298 valence electrons. The first-order valence-corrected chi connectivity index (χ1v) is 19.8. The number of rotatable bonds is 14. The number of aliphatic hydroxyl groups excluding tert-OH is 1. The molecule has 3 aliphatic heterocycles. The maximum absolute atomic E-state index is 13.0. The summed E-state index contributed by atoms with van der Waals surface area (Å²) in [4.78, 5) is 31.5. The first-order valence-electron chi connectivity index (χ1n) is 19.8. The third-order valence-electron chi connectivity index (χ3n) is 11.7. The molecule has 11 heteroatoms. The quantitative estimate of drug-likeness (QED) is 0.0760. The Kier molecular flexibility index (Phi) is 11.5. The molecular weight excluding hydrogens is 733 g/mol. The fourth-order valence-electron chi connectivity index (χ4n) is 8.65. The second-order valence-corrected chi connectivity index (χ2v) is 15.2. The summed E-state index contributed by atoms with van der Waals surface area (Å²) in [6.07, 6.45) is 0.266. The Morgan fingerprint density at radius 3 is 2.38 bits per heavy atom. The van der Waals surface area contributed by atoms with Gasteiger partial charge in [0.2, 0.25) is 5.56 Å². The fraction of sp³-hybridized carbons (Fsp3) is 0.277. The Balaban J connectivity index is 0.918. The number of methoxy groups -OCH3 is 1. The molecule has 3 fully saturated rings. The monoisotopic (exact) mass is 780 g/mol. The molecular formula is C47H48N4O7. The van der Waals surface area contributed by atoms with Gasteiger partial charge in [-0.25, -0.2) is 4.79 Å². The summed E-state index contributed by atoms with van der Waals surface area (Å²) in [5.41, 5.74) is 6.31. The zero-order chi connectivity index (χ0) is 40.2. The third kappa shape index (κ3) is 8.29. The topological polar surface area (TPSA) is 148 Å². The molecule has 3 atom stereocenters. The first-order chi connectivity index (χ1) is 28.2. The number of aromatic hydroxyl groups is 1. The number of nitrogens with one attached hydrogen (secondary N) is 2. The molecule has 0 radical (unpaired) electrons. The maximum Gasteiger partial charge on any atom is 0.408 e. The van der Waals surface area contributed by atoms with Crippen molar-refractivity contribution < 1.29 is 29.6 Å². The number of ether oxygens (including phenoxy) is 2. The Morgan fingerprint density at radius 1 is 0.897 bits per heavy atom. The summed E-state index contributed by atoms with van der Waals surface area (Å²) < 4.78 is 12.1. The van der Waals surface area contributed by atoms with E-state index in [0.29, 0.717) is 47.0 Å². The number of amides is 1. The standard InChI is InChI=1S/C47H48N4O7/c1-57-43-25-34(14-15-36(43)26-48-27-42(53)38-16-18-41(52)45-39(38)17-19-44(54)49-45)31-12-10-30(11-13-31)29-58-37-9-5-8-35(24-37)46(33-6-3-2-4-7-33)51(47(55)56)40-28-50-22-20-32(40)21-23-50/h2-19,24-25,32,40,42,46,48,52-53H,20-23,26-29H2,1H3,(H,49,54)(H,55,56)/t40-,42-,46-/m0/s1. The van der Waals surface area contributed by atoms with Crippen molar-refractivity contribution in [3.05, 3.63) is 159 Å². The van der Waals surface area contributed by atoms with Gasteiger partial charge in [-0.3, -0.25) is 9.69 Å². The highest BCUT2D eigenvalue weighted by atomic mass is 16.5. The van der Waals surface area contributed by atoms with Crippen LogP contribution in [0.1, 0.15) is 52.8 Å². The minimum Gasteiger partial charge on any atom is -0.506 e. The molecule has 1 aromatic heterocycles. The molecule has 0 saturated carbocycles. The number of H-pyrrole nitrogens is 1. The van der Waals surface area contributed by atoms with Crippen LogP contribution in [0.25, 0.3) is 22.0 Å².